The maximum atomic E-state index is 12.7. The van der Waals surface area contributed by atoms with Crippen LogP contribution in [0.25, 0.3) is 11.4 Å². The summed E-state index contributed by atoms with van der Waals surface area (Å²) in [4.78, 5) is 40.2. The molecule has 4 N–H and O–H groups in total. The predicted molar refractivity (Wildman–Crippen MR) is 120 cm³/mol. The lowest BCUT2D eigenvalue weighted by atomic mass is 10.1. The highest BCUT2D eigenvalue weighted by Crippen LogP contribution is 2.19. The lowest BCUT2D eigenvalue weighted by Crippen LogP contribution is -2.15. The zero-order valence-electron chi connectivity index (χ0n) is 16.7. The number of benzene rings is 2. The van der Waals surface area contributed by atoms with Crippen LogP contribution < -0.4 is 16.0 Å². The largest absolute Gasteiger partial charge is 0.329 e. The highest BCUT2D eigenvalue weighted by molar-refractivity contribution is 6.06. The van der Waals surface area contributed by atoms with E-state index in [4.69, 9.17) is 0 Å². The molecule has 2 heterocycles. The second-order valence-electron chi connectivity index (χ2n) is 6.71. The fourth-order valence-corrected chi connectivity index (χ4v) is 3.00. The number of nitrogens with zero attached hydrogens (tertiary/aromatic N) is 2. The molecular formula is C23H18N6O3. The summed E-state index contributed by atoms with van der Waals surface area (Å²) < 4.78 is 0. The van der Waals surface area contributed by atoms with Crippen LogP contribution in [0.2, 0.25) is 0 Å². The van der Waals surface area contributed by atoms with Gasteiger partial charge in [0.05, 0.1) is 11.4 Å². The van der Waals surface area contributed by atoms with Crippen LogP contribution in [0.1, 0.15) is 20.8 Å². The standard InChI is InChI=1S/C23H18N6O3/c30-14-24-16-5-1-4-15(12-16)22(31)26-17-6-2-7-18(13-17)27-23(32)21-9-3-8-19(28-21)20-10-11-25-29-20/h1-14H,(H,24,30)(H,25,29)(H,26,31)(H,27,32). The number of H-pyrrole nitrogens is 1. The Kier molecular flexibility index (Phi) is 5.98. The maximum Gasteiger partial charge on any atom is 0.274 e. The first-order valence-corrected chi connectivity index (χ1v) is 9.62. The highest BCUT2D eigenvalue weighted by atomic mass is 16.2. The normalized spacial score (nSPS) is 10.2. The molecule has 2 aromatic heterocycles. The predicted octanol–water partition coefficient (Wildman–Crippen LogP) is 3.54. The van der Waals surface area contributed by atoms with Crippen LogP contribution in [-0.4, -0.2) is 33.4 Å². The van der Waals surface area contributed by atoms with Crippen molar-refractivity contribution in [2.75, 3.05) is 16.0 Å². The Bertz CT molecular complexity index is 1270. The van der Waals surface area contributed by atoms with E-state index in [1.54, 1.807) is 79.0 Å². The molecule has 0 saturated heterocycles. The van der Waals surface area contributed by atoms with E-state index in [0.29, 0.717) is 40.4 Å². The molecular weight excluding hydrogens is 408 g/mol. The average molecular weight is 426 g/mol. The number of hydrogen-bond donors (Lipinski definition) is 4. The number of amides is 3. The van der Waals surface area contributed by atoms with Gasteiger partial charge in [-0.25, -0.2) is 4.98 Å². The first kappa shape index (κ1) is 20.5. The average Bonchev–Trinajstić information content (AvgIpc) is 3.35. The molecule has 0 spiro atoms. The van der Waals surface area contributed by atoms with E-state index in [1.807, 2.05) is 0 Å². The van der Waals surface area contributed by atoms with Crippen molar-refractivity contribution in [2.24, 2.45) is 0 Å². The second-order valence-corrected chi connectivity index (χ2v) is 6.71. The van der Waals surface area contributed by atoms with Crippen molar-refractivity contribution in [3.63, 3.8) is 0 Å². The number of aromatic nitrogens is 3. The Morgan fingerprint density at radius 1 is 0.812 bits per heavy atom. The van der Waals surface area contributed by atoms with Crippen LogP contribution in [0.4, 0.5) is 17.1 Å². The topological polar surface area (TPSA) is 129 Å². The molecule has 0 bridgehead atoms. The quantitative estimate of drug-likeness (QED) is 0.336. The molecule has 0 atom stereocenters. The summed E-state index contributed by atoms with van der Waals surface area (Å²) in [7, 11) is 0. The molecule has 3 amide bonds. The van der Waals surface area contributed by atoms with Crippen molar-refractivity contribution in [2.45, 2.75) is 0 Å². The van der Waals surface area contributed by atoms with Gasteiger partial charge in [0.15, 0.2) is 0 Å². The van der Waals surface area contributed by atoms with Crippen LogP contribution in [0.3, 0.4) is 0 Å². The van der Waals surface area contributed by atoms with Gasteiger partial charge < -0.3 is 16.0 Å². The number of rotatable bonds is 7. The van der Waals surface area contributed by atoms with E-state index >= 15 is 0 Å². The van der Waals surface area contributed by atoms with Gasteiger partial charge in [-0.2, -0.15) is 5.10 Å². The van der Waals surface area contributed by atoms with E-state index in [1.165, 1.54) is 0 Å². The van der Waals surface area contributed by atoms with Crippen molar-refractivity contribution >= 4 is 35.3 Å². The third-order valence-corrected chi connectivity index (χ3v) is 4.49. The van der Waals surface area contributed by atoms with Crippen LogP contribution in [0.15, 0.2) is 79.0 Å². The molecule has 4 aromatic rings. The Morgan fingerprint density at radius 3 is 2.28 bits per heavy atom. The molecule has 0 unspecified atom stereocenters. The molecule has 158 valence electrons. The van der Waals surface area contributed by atoms with E-state index < -0.39 is 0 Å². The minimum Gasteiger partial charge on any atom is -0.329 e. The van der Waals surface area contributed by atoms with Crippen molar-refractivity contribution in [3.8, 4) is 11.4 Å². The minimum absolute atomic E-state index is 0.242. The summed E-state index contributed by atoms with van der Waals surface area (Å²) in [6.07, 6.45) is 2.15. The van der Waals surface area contributed by atoms with Gasteiger partial charge in [0.2, 0.25) is 6.41 Å². The van der Waals surface area contributed by atoms with E-state index in [-0.39, 0.29) is 17.5 Å². The molecule has 0 saturated carbocycles. The van der Waals surface area contributed by atoms with Crippen molar-refractivity contribution in [3.05, 3.63) is 90.3 Å². The van der Waals surface area contributed by atoms with Gasteiger partial charge in [0, 0.05) is 28.8 Å². The van der Waals surface area contributed by atoms with Gasteiger partial charge in [-0.05, 0) is 54.6 Å². The fourth-order valence-electron chi connectivity index (χ4n) is 3.00. The minimum atomic E-state index is -0.387. The maximum absolute atomic E-state index is 12.7. The Hall–Kier alpha value is -4.79. The molecule has 2 aromatic carbocycles. The van der Waals surface area contributed by atoms with Crippen molar-refractivity contribution in [1.29, 1.82) is 0 Å². The smallest absolute Gasteiger partial charge is 0.274 e. The fraction of sp³-hybridized carbons (Fsp3) is 0. The van der Waals surface area contributed by atoms with Crippen LogP contribution >= 0.6 is 0 Å². The molecule has 9 nitrogen and oxygen atoms in total. The van der Waals surface area contributed by atoms with E-state index in [9.17, 15) is 14.4 Å². The summed E-state index contributed by atoms with van der Waals surface area (Å²) in [6.45, 7) is 0. The number of aromatic amines is 1. The number of pyridine rings is 1. The monoisotopic (exact) mass is 426 g/mol. The summed E-state index contributed by atoms with van der Waals surface area (Å²) in [5.74, 6) is -0.737. The molecule has 4 rings (SSSR count). The van der Waals surface area contributed by atoms with Gasteiger partial charge in [-0.3, -0.25) is 19.5 Å². The molecule has 9 heteroatoms. The number of carbonyl (C=O) groups excluding carboxylic acids is 3. The molecule has 0 aliphatic rings. The molecule has 32 heavy (non-hydrogen) atoms. The zero-order chi connectivity index (χ0) is 22.3. The first-order valence-electron chi connectivity index (χ1n) is 9.62. The number of nitrogens with one attached hydrogen (secondary N) is 4. The number of hydrogen-bond acceptors (Lipinski definition) is 5. The summed E-state index contributed by atoms with van der Waals surface area (Å²) in [5.41, 5.74) is 3.44. The SMILES string of the molecule is O=CNc1cccc(C(=O)Nc2cccc(NC(=O)c3cccc(-c4ccn[nH]4)n3)c2)c1. The van der Waals surface area contributed by atoms with Crippen LogP contribution in [0, 0.1) is 0 Å². The van der Waals surface area contributed by atoms with Gasteiger partial charge in [-0.1, -0.05) is 18.2 Å². The third-order valence-electron chi connectivity index (χ3n) is 4.49. The molecule has 0 aliphatic carbocycles. The van der Waals surface area contributed by atoms with E-state index in [0.717, 1.165) is 0 Å². The Balaban J connectivity index is 1.46. The van der Waals surface area contributed by atoms with Gasteiger partial charge in [0.1, 0.15) is 5.69 Å². The lowest BCUT2D eigenvalue weighted by Gasteiger charge is -2.10. The van der Waals surface area contributed by atoms with Crippen LogP contribution in [0.5, 0.6) is 0 Å². The summed E-state index contributed by atoms with van der Waals surface area (Å²) in [6, 6.07) is 20.2. The molecule has 0 fully saturated rings. The van der Waals surface area contributed by atoms with Gasteiger partial charge in [0.25, 0.3) is 11.8 Å². The number of anilines is 3. The Labute approximate surface area is 182 Å². The number of carbonyl (C=O) groups is 3. The zero-order valence-corrected chi connectivity index (χ0v) is 16.7. The van der Waals surface area contributed by atoms with E-state index in [2.05, 4.69) is 31.1 Å². The second kappa shape index (κ2) is 9.35. The first-order chi connectivity index (χ1) is 15.6. The molecule has 0 aliphatic heterocycles. The van der Waals surface area contributed by atoms with Crippen molar-refractivity contribution < 1.29 is 14.4 Å². The van der Waals surface area contributed by atoms with Gasteiger partial charge >= 0.3 is 0 Å². The summed E-state index contributed by atoms with van der Waals surface area (Å²) >= 11 is 0. The van der Waals surface area contributed by atoms with Gasteiger partial charge in [-0.15, -0.1) is 0 Å². The van der Waals surface area contributed by atoms with Crippen molar-refractivity contribution in [1.82, 2.24) is 15.2 Å². The highest BCUT2D eigenvalue weighted by Gasteiger charge is 2.11. The van der Waals surface area contributed by atoms with Crippen LogP contribution in [-0.2, 0) is 4.79 Å². The lowest BCUT2D eigenvalue weighted by molar-refractivity contribution is -0.105. The summed E-state index contributed by atoms with van der Waals surface area (Å²) in [5, 5.41) is 14.8. The third kappa shape index (κ3) is 4.85. The molecule has 0 radical (unpaired) electrons. The Morgan fingerprint density at radius 2 is 1.53 bits per heavy atom.